The first-order chi connectivity index (χ1) is 6.15. The third kappa shape index (κ3) is 2.70. The van der Waals surface area contributed by atoms with Crippen LogP contribution in [0.5, 0.6) is 0 Å². The van der Waals surface area contributed by atoms with Gasteiger partial charge in [0.25, 0.3) is 0 Å². The molecule has 1 rings (SSSR count). The van der Waals surface area contributed by atoms with Gasteiger partial charge in [-0.2, -0.15) is 5.26 Å². The summed E-state index contributed by atoms with van der Waals surface area (Å²) in [5.74, 6) is 1.46. The van der Waals surface area contributed by atoms with E-state index in [-0.39, 0.29) is 6.10 Å². The van der Waals surface area contributed by atoms with Gasteiger partial charge in [0.1, 0.15) is 0 Å². The van der Waals surface area contributed by atoms with Gasteiger partial charge in [0.2, 0.25) is 0 Å². The lowest BCUT2D eigenvalue weighted by molar-refractivity contribution is 0.0392. The molecule has 0 aromatic rings. The lowest BCUT2D eigenvalue weighted by atomic mass is 9.74. The average Bonchev–Trinajstić information content (AvgIpc) is 2.10. The van der Waals surface area contributed by atoms with Crippen molar-refractivity contribution in [1.82, 2.24) is 0 Å². The molecule has 0 spiro atoms. The van der Waals surface area contributed by atoms with E-state index in [1.807, 2.05) is 0 Å². The Labute approximate surface area is 80.6 Å². The highest BCUT2D eigenvalue weighted by molar-refractivity contribution is 4.84. The van der Waals surface area contributed by atoms with Crippen molar-refractivity contribution in [2.24, 2.45) is 17.8 Å². The molecule has 0 aromatic heterocycles. The molecule has 0 radical (unpaired) electrons. The summed E-state index contributed by atoms with van der Waals surface area (Å²) in [6.45, 7) is 4.23. The SMILES string of the molecule is CC1CCC(C(C)CC#N)CC1O. The van der Waals surface area contributed by atoms with Gasteiger partial charge in [-0.1, -0.05) is 13.8 Å². The van der Waals surface area contributed by atoms with Gasteiger partial charge in [-0.3, -0.25) is 0 Å². The van der Waals surface area contributed by atoms with Crippen LogP contribution in [-0.2, 0) is 0 Å². The van der Waals surface area contributed by atoms with E-state index in [1.54, 1.807) is 0 Å². The molecule has 1 fully saturated rings. The fraction of sp³-hybridized carbons (Fsp3) is 0.909. The van der Waals surface area contributed by atoms with Gasteiger partial charge in [-0.05, 0) is 37.0 Å². The molecule has 2 heteroatoms. The van der Waals surface area contributed by atoms with Gasteiger partial charge in [0, 0.05) is 6.42 Å². The molecule has 0 saturated heterocycles. The van der Waals surface area contributed by atoms with Crippen LogP contribution in [0.4, 0.5) is 0 Å². The van der Waals surface area contributed by atoms with Crippen LogP contribution in [0, 0.1) is 29.1 Å². The highest BCUT2D eigenvalue weighted by Gasteiger charge is 2.28. The van der Waals surface area contributed by atoms with Crippen LogP contribution in [0.25, 0.3) is 0 Å². The van der Waals surface area contributed by atoms with Crippen molar-refractivity contribution in [1.29, 1.82) is 5.26 Å². The molecular weight excluding hydrogens is 162 g/mol. The zero-order valence-electron chi connectivity index (χ0n) is 8.53. The van der Waals surface area contributed by atoms with E-state index in [0.29, 0.717) is 24.2 Å². The van der Waals surface area contributed by atoms with Crippen LogP contribution in [0.1, 0.15) is 39.5 Å². The summed E-state index contributed by atoms with van der Waals surface area (Å²) in [5, 5.41) is 18.3. The number of aliphatic hydroxyl groups is 1. The number of rotatable bonds is 2. The molecular formula is C11H19NO. The summed E-state index contributed by atoms with van der Waals surface area (Å²) in [6.07, 6.45) is 3.68. The molecule has 1 aliphatic carbocycles. The fourth-order valence-corrected chi connectivity index (χ4v) is 2.16. The molecule has 13 heavy (non-hydrogen) atoms. The molecule has 2 nitrogen and oxygen atoms in total. The smallest absolute Gasteiger partial charge is 0.0624 e. The van der Waals surface area contributed by atoms with Crippen molar-refractivity contribution in [3.63, 3.8) is 0 Å². The summed E-state index contributed by atoms with van der Waals surface area (Å²) >= 11 is 0. The quantitative estimate of drug-likeness (QED) is 0.710. The predicted octanol–water partition coefficient (Wildman–Crippen LogP) is 2.33. The second kappa shape index (κ2) is 4.62. The lowest BCUT2D eigenvalue weighted by Gasteiger charge is -2.33. The van der Waals surface area contributed by atoms with E-state index >= 15 is 0 Å². The zero-order valence-corrected chi connectivity index (χ0v) is 8.53. The van der Waals surface area contributed by atoms with Gasteiger partial charge in [0.05, 0.1) is 12.2 Å². The van der Waals surface area contributed by atoms with Gasteiger partial charge in [-0.15, -0.1) is 0 Å². The van der Waals surface area contributed by atoms with Crippen molar-refractivity contribution in [2.75, 3.05) is 0 Å². The number of nitrogens with zero attached hydrogens (tertiary/aromatic N) is 1. The summed E-state index contributed by atoms with van der Waals surface area (Å²) in [7, 11) is 0. The van der Waals surface area contributed by atoms with Crippen LogP contribution in [0.2, 0.25) is 0 Å². The standard InChI is InChI=1S/C11H19NO/c1-8(5-6-12)10-4-3-9(2)11(13)7-10/h8-11,13H,3-5,7H2,1-2H3. The van der Waals surface area contributed by atoms with Crippen molar-refractivity contribution in [2.45, 2.75) is 45.6 Å². The lowest BCUT2D eigenvalue weighted by Crippen LogP contribution is -2.30. The minimum Gasteiger partial charge on any atom is -0.393 e. The second-order valence-electron chi connectivity index (χ2n) is 4.46. The van der Waals surface area contributed by atoms with E-state index in [0.717, 1.165) is 12.8 Å². The highest BCUT2D eigenvalue weighted by Crippen LogP contribution is 2.34. The topological polar surface area (TPSA) is 44.0 Å². The van der Waals surface area contributed by atoms with E-state index in [9.17, 15) is 5.11 Å². The molecule has 0 bridgehead atoms. The van der Waals surface area contributed by atoms with Gasteiger partial charge < -0.3 is 5.11 Å². The van der Waals surface area contributed by atoms with Crippen LogP contribution in [-0.4, -0.2) is 11.2 Å². The predicted molar refractivity (Wildman–Crippen MR) is 51.9 cm³/mol. The Morgan fingerprint density at radius 2 is 2.23 bits per heavy atom. The normalized spacial score (nSPS) is 36.6. The van der Waals surface area contributed by atoms with Crippen LogP contribution in [0.3, 0.4) is 0 Å². The maximum absolute atomic E-state index is 9.68. The Kier molecular flexibility index (Phi) is 3.74. The van der Waals surface area contributed by atoms with Crippen LogP contribution in [0.15, 0.2) is 0 Å². The third-order valence-electron chi connectivity index (χ3n) is 3.41. The van der Waals surface area contributed by atoms with Crippen molar-refractivity contribution in [3.8, 4) is 6.07 Å². The van der Waals surface area contributed by atoms with E-state index in [1.165, 1.54) is 6.42 Å². The zero-order chi connectivity index (χ0) is 9.84. The third-order valence-corrected chi connectivity index (χ3v) is 3.41. The van der Waals surface area contributed by atoms with Crippen molar-refractivity contribution >= 4 is 0 Å². The number of hydrogen-bond acceptors (Lipinski definition) is 2. The molecule has 0 aliphatic heterocycles. The molecule has 4 atom stereocenters. The number of hydrogen-bond donors (Lipinski definition) is 1. The number of aliphatic hydroxyl groups excluding tert-OH is 1. The van der Waals surface area contributed by atoms with Crippen LogP contribution < -0.4 is 0 Å². The minimum absolute atomic E-state index is 0.139. The summed E-state index contributed by atoms with van der Waals surface area (Å²) < 4.78 is 0. The van der Waals surface area contributed by atoms with Gasteiger partial charge >= 0.3 is 0 Å². The van der Waals surface area contributed by atoms with Crippen molar-refractivity contribution in [3.05, 3.63) is 0 Å². The monoisotopic (exact) mass is 181 g/mol. The highest BCUT2D eigenvalue weighted by atomic mass is 16.3. The van der Waals surface area contributed by atoms with Gasteiger partial charge in [0.15, 0.2) is 0 Å². The Hall–Kier alpha value is -0.550. The molecule has 74 valence electrons. The van der Waals surface area contributed by atoms with E-state index in [2.05, 4.69) is 19.9 Å². The first-order valence-corrected chi connectivity index (χ1v) is 5.20. The Morgan fingerprint density at radius 3 is 2.77 bits per heavy atom. The molecule has 4 unspecified atom stereocenters. The van der Waals surface area contributed by atoms with E-state index < -0.39 is 0 Å². The Morgan fingerprint density at radius 1 is 1.54 bits per heavy atom. The Bertz CT molecular complexity index is 197. The molecule has 1 N–H and O–H groups in total. The maximum atomic E-state index is 9.68. The fourth-order valence-electron chi connectivity index (χ4n) is 2.16. The molecule has 0 heterocycles. The molecule has 0 amide bonds. The first-order valence-electron chi connectivity index (χ1n) is 5.20. The van der Waals surface area contributed by atoms with Crippen molar-refractivity contribution < 1.29 is 5.11 Å². The second-order valence-corrected chi connectivity index (χ2v) is 4.46. The van der Waals surface area contributed by atoms with Crippen LogP contribution >= 0.6 is 0 Å². The Balaban J connectivity index is 2.41. The maximum Gasteiger partial charge on any atom is 0.0624 e. The average molecular weight is 181 g/mol. The molecule has 1 saturated carbocycles. The molecule has 1 aliphatic rings. The molecule has 0 aromatic carbocycles. The first kappa shape index (κ1) is 10.5. The number of nitriles is 1. The van der Waals surface area contributed by atoms with E-state index in [4.69, 9.17) is 5.26 Å². The minimum atomic E-state index is -0.139. The largest absolute Gasteiger partial charge is 0.393 e. The summed E-state index contributed by atoms with van der Waals surface area (Å²) in [5.41, 5.74) is 0. The summed E-state index contributed by atoms with van der Waals surface area (Å²) in [6, 6.07) is 2.21. The van der Waals surface area contributed by atoms with Gasteiger partial charge in [-0.25, -0.2) is 0 Å². The summed E-state index contributed by atoms with van der Waals surface area (Å²) in [4.78, 5) is 0.